The highest BCUT2D eigenvalue weighted by atomic mass is 32.1. The van der Waals surface area contributed by atoms with Crippen LogP contribution in [0.3, 0.4) is 0 Å². The highest BCUT2D eigenvalue weighted by Gasteiger charge is 2.33. The van der Waals surface area contributed by atoms with Crippen LogP contribution in [-0.4, -0.2) is 38.4 Å². The van der Waals surface area contributed by atoms with Gasteiger partial charge in [0.15, 0.2) is 0 Å². The number of thiophene rings is 1. The molecule has 0 fully saturated rings. The molecule has 6 heteroatoms. The first-order valence-corrected chi connectivity index (χ1v) is 10.2. The predicted octanol–water partition coefficient (Wildman–Crippen LogP) is 4.58. The Bertz CT molecular complexity index is 940. The van der Waals surface area contributed by atoms with E-state index in [1.807, 2.05) is 24.1 Å². The summed E-state index contributed by atoms with van der Waals surface area (Å²) in [7, 11) is 3.62. The van der Waals surface area contributed by atoms with Gasteiger partial charge in [0.2, 0.25) is 0 Å². The van der Waals surface area contributed by atoms with Crippen molar-refractivity contribution in [2.24, 2.45) is 5.41 Å². The van der Waals surface area contributed by atoms with Crippen LogP contribution in [0.15, 0.2) is 18.2 Å². The van der Waals surface area contributed by atoms with Gasteiger partial charge in [0.05, 0.1) is 28.7 Å². The second-order valence-corrected chi connectivity index (χ2v) is 9.22. The Kier molecular flexibility index (Phi) is 5.78. The Hall–Kier alpha value is -2.36. The van der Waals surface area contributed by atoms with Crippen LogP contribution >= 0.6 is 11.3 Å². The molecule has 1 heterocycles. The Balaban J connectivity index is 2.19. The number of carboxylic acids is 1. The normalized spacial score (nSPS) is 15.0. The van der Waals surface area contributed by atoms with Crippen molar-refractivity contribution in [3.8, 4) is 16.5 Å². The van der Waals surface area contributed by atoms with Gasteiger partial charge in [0.25, 0.3) is 0 Å². The van der Waals surface area contributed by atoms with Gasteiger partial charge >= 0.3 is 5.97 Å². The lowest BCUT2D eigenvalue weighted by molar-refractivity contribution is 0.0696. The van der Waals surface area contributed by atoms with Crippen LogP contribution in [0.2, 0.25) is 0 Å². The summed E-state index contributed by atoms with van der Waals surface area (Å²) in [6.07, 6.45) is 2.73. The summed E-state index contributed by atoms with van der Waals surface area (Å²) in [6, 6.07) is 7.67. The molecule has 0 spiro atoms. The Morgan fingerprint density at radius 3 is 2.82 bits per heavy atom. The lowest BCUT2D eigenvalue weighted by atomic mass is 9.76. The Morgan fingerprint density at radius 1 is 1.43 bits per heavy atom. The van der Waals surface area contributed by atoms with Gasteiger partial charge in [-0.05, 0) is 48.4 Å². The number of fused-ring (bicyclic) bond motifs is 1. The standard InChI is InChI=1S/C22H26N2O3S/c1-22(2)8-7-18-16(12-22)19(21(25)26)20(28-18)15-11-14(13-23)5-6-17(15)24(3)9-10-27-4/h5-6,11H,7-10,12H2,1-4H3,(H,25,26). The number of nitriles is 1. The number of methoxy groups -OCH3 is 1. The number of carboxylic acid groups (broad SMARTS) is 1. The zero-order chi connectivity index (χ0) is 20.5. The minimum Gasteiger partial charge on any atom is -0.478 e. The Morgan fingerprint density at radius 2 is 2.18 bits per heavy atom. The number of hydrogen-bond acceptors (Lipinski definition) is 5. The van der Waals surface area contributed by atoms with Crippen molar-refractivity contribution in [2.75, 3.05) is 32.2 Å². The maximum absolute atomic E-state index is 12.3. The molecule has 148 valence electrons. The molecule has 0 atom stereocenters. The fourth-order valence-electron chi connectivity index (χ4n) is 3.80. The second kappa shape index (κ2) is 7.94. The molecule has 0 saturated heterocycles. The van der Waals surface area contributed by atoms with E-state index in [0.29, 0.717) is 24.3 Å². The SMILES string of the molecule is COCCN(C)c1ccc(C#N)cc1-c1sc2c(c1C(=O)O)CC(C)(C)CC2. The zero-order valence-electron chi connectivity index (χ0n) is 16.8. The van der Waals surface area contributed by atoms with Gasteiger partial charge in [-0.1, -0.05) is 13.8 Å². The van der Waals surface area contributed by atoms with Crippen LogP contribution < -0.4 is 4.90 Å². The molecule has 0 amide bonds. The molecule has 1 aromatic carbocycles. The molecule has 1 N–H and O–H groups in total. The zero-order valence-corrected chi connectivity index (χ0v) is 17.7. The fraction of sp³-hybridized carbons (Fsp3) is 0.455. The lowest BCUT2D eigenvalue weighted by Crippen LogP contribution is -2.23. The maximum atomic E-state index is 12.3. The number of hydrogen-bond donors (Lipinski definition) is 1. The topological polar surface area (TPSA) is 73.6 Å². The van der Waals surface area contributed by atoms with Crippen LogP contribution in [0.5, 0.6) is 0 Å². The van der Waals surface area contributed by atoms with E-state index in [-0.39, 0.29) is 5.41 Å². The maximum Gasteiger partial charge on any atom is 0.337 e. The molecule has 0 unspecified atom stereocenters. The number of nitrogens with zero attached hydrogens (tertiary/aromatic N) is 2. The van der Waals surface area contributed by atoms with Crippen molar-refractivity contribution in [3.63, 3.8) is 0 Å². The minimum absolute atomic E-state index is 0.0993. The molecule has 5 nitrogen and oxygen atoms in total. The third kappa shape index (κ3) is 3.91. The van der Waals surface area contributed by atoms with Crippen LogP contribution in [0, 0.1) is 16.7 Å². The third-order valence-corrected chi connectivity index (χ3v) is 6.73. The summed E-state index contributed by atoms with van der Waals surface area (Å²) in [6.45, 7) is 5.63. The first-order valence-electron chi connectivity index (χ1n) is 9.40. The third-order valence-electron chi connectivity index (χ3n) is 5.40. The molecule has 1 aliphatic carbocycles. The van der Waals surface area contributed by atoms with Crippen molar-refractivity contribution < 1.29 is 14.6 Å². The second-order valence-electron chi connectivity index (χ2n) is 8.11. The summed E-state index contributed by atoms with van der Waals surface area (Å²) < 4.78 is 5.19. The van der Waals surface area contributed by atoms with E-state index < -0.39 is 5.97 Å². The van der Waals surface area contributed by atoms with E-state index in [0.717, 1.165) is 41.0 Å². The molecule has 0 radical (unpaired) electrons. The molecule has 3 rings (SSSR count). The van der Waals surface area contributed by atoms with Crippen molar-refractivity contribution >= 4 is 23.0 Å². The van der Waals surface area contributed by atoms with Gasteiger partial charge in [-0.3, -0.25) is 0 Å². The summed E-state index contributed by atoms with van der Waals surface area (Å²) >= 11 is 1.57. The highest BCUT2D eigenvalue weighted by molar-refractivity contribution is 7.16. The van der Waals surface area contributed by atoms with E-state index in [1.165, 1.54) is 4.88 Å². The van der Waals surface area contributed by atoms with Crippen molar-refractivity contribution in [2.45, 2.75) is 33.1 Å². The molecular weight excluding hydrogens is 372 g/mol. The van der Waals surface area contributed by atoms with Crippen molar-refractivity contribution in [1.82, 2.24) is 0 Å². The Labute approximate surface area is 170 Å². The van der Waals surface area contributed by atoms with Gasteiger partial charge < -0.3 is 14.7 Å². The van der Waals surface area contributed by atoms with E-state index in [2.05, 4.69) is 19.9 Å². The lowest BCUT2D eigenvalue weighted by Gasteiger charge is -2.29. The minimum atomic E-state index is -0.891. The molecule has 0 aliphatic heterocycles. The number of carbonyl (C=O) groups is 1. The fourth-order valence-corrected chi connectivity index (χ4v) is 5.14. The van der Waals surface area contributed by atoms with E-state index in [1.54, 1.807) is 24.5 Å². The molecule has 1 aliphatic rings. The highest BCUT2D eigenvalue weighted by Crippen LogP contribution is 2.47. The number of aromatic carboxylic acids is 1. The van der Waals surface area contributed by atoms with Gasteiger partial charge in [0, 0.05) is 36.8 Å². The van der Waals surface area contributed by atoms with Gasteiger partial charge in [-0.2, -0.15) is 5.26 Å². The average molecular weight is 399 g/mol. The smallest absolute Gasteiger partial charge is 0.337 e. The molecule has 1 aromatic heterocycles. The van der Waals surface area contributed by atoms with Crippen LogP contribution in [-0.2, 0) is 17.6 Å². The van der Waals surface area contributed by atoms with Gasteiger partial charge in [-0.25, -0.2) is 4.79 Å². The summed E-state index contributed by atoms with van der Waals surface area (Å²) in [5, 5.41) is 19.4. The number of aryl methyl sites for hydroxylation is 1. The van der Waals surface area contributed by atoms with Crippen LogP contribution in [0.1, 0.15) is 46.6 Å². The van der Waals surface area contributed by atoms with Crippen LogP contribution in [0.25, 0.3) is 10.4 Å². The first kappa shape index (κ1) is 20.4. The number of rotatable bonds is 6. The predicted molar refractivity (Wildman–Crippen MR) is 112 cm³/mol. The van der Waals surface area contributed by atoms with Crippen molar-refractivity contribution in [1.29, 1.82) is 5.26 Å². The first-order chi connectivity index (χ1) is 13.3. The monoisotopic (exact) mass is 398 g/mol. The molecule has 2 aromatic rings. The largest absolute Gasteiger partial charge is 0.478 e. The van der Waals surface area contributed by atoms with E-state index in [9.17, 15) is 15.2 Å². The van der Waals surface area contributed by atoms with Crippen molar-refractivity contribution in [3.05, 3.63) is 39.8 Å². The number of benzene rings is 1. The quantitative estimate of drug-likeness (QED) is 0.771. The molecule has 0 saturated carbocycles. The average Bonchev–Trinajstić information content (AvgIpc) is 3.03. The molecular formula is C22H26N2O3S. The van der Waals surface area contributed by atoms with Gasteiger partial charge in [0.1, 0.15) is 0 Å². The summed E-state index contributed by atoms with van der Waals surface area (Å²) in [5.74, 6) is -0.891. The van der Waals surface area contributed by atoms with E-state index >= 15 is 0 Å². The summed E-state index contributed by atoms with van der Waals surface area (Å²) in [5.41, 5.74) is 3.73. The van der Waals surface area contributed by atoms with Gasteiger partial charge in [-0.15, -0.1) is 11.3 Å². The number of likely N-dealkylation sites (N-methyl/N-ethyl adjacent to an activating group) is 1. The summed E-state index contributed by atoms with van der Waals surface area (Å²) in [4.78, 5) is 16.2. The van der Waals surface area contributed by atoms with E-state index in [4.69, 9.17) is 4.74 Å². The molecule has 28 heavy (non-hydrogen) atoms. The molecule has 0 bridgehead atoms. The number of ether oxygens (including phenoxy) is 1. The number of anilines is 1. The van der Waals surface area contributed by atoms with Crippen LogP contribution in [0.4, 0.5) is 5.69 Å².